The Morgan fingerprint density at radius 3 is 2.54 bits per heavy atom. The molecular formula is C8H20N4O. The molecule has 1 unspecified atom stereocenters. The summed E-state index contributed by atoms with van der Waals surface area (Å²) in [4.78, 5) is 5.65. The van der Waals surface area contributed by atoms with Crippen molar-refractivity contribution in [3.05, 3.63) is 0 Å². The van der Waals surface area contributed by atoms with Gasteiger partial charge < -0.3 is 21.1 Å². The van der Waals surface area contributed by atoms with Gasteiger partial charge in [0.15, 0.2) is 5.96 Å². The molecule has 5 nitrogen and oxygen atoms in total. The zero-order chi connectivity index (χ0) is 10.5. The van der Waals surface area contributed by atoms with Crippen LogP contribution in [-0.4, -0.2) is 55.8 Å². The van der Waals surface area contributed by atoms with Crippen LogP contribution in [-0.2, 0) is 0 Å². The minimum absolute atomic E-state index is 0.346. The minimum Gasteiger partial charge on any atom is -0.387 e. The van der Waals surface area contributed by atoms with E-state index in [1.807, 2.05) is 19.0 Å². The van der Waals surface area contributed by atoms with Gasteiger partial charge in [-0.1, -0.05) is 0 Å². The molecule has 0 aromatic carbocycles. The number of aliphatic imine (C=N–C) groups is 1. The molecule has 5 heteroatoms. The number of nitrogens with zero attached hydrogens (tertiary/aromatic N) is 2. The molecule has 1 atom stereocenters. The molecule has 0 amide bonds. The Balaban J connectivity index is 3.88. The molecule has 0 aromatic rings. The Morgan fingerprint density at radius 1 is 1.62 bits per heavy atom. The lowest BCUT2D eigenvalue weighted by Gasteiger charge is -2.27. The van der Waals surface area contributed by atoms with E-state index in [4.69, 9.17) is 5.73 Å². The van der Waals surface area contributed by atoms with Gasteiger partial charge in [-0.15, -0.1) is 0 Å². The summed E-state index contributed by atoms with van der Waals surface area (Å²) in [5.74, 6) is 0.346. The van der Waals surface area contributed by atoms with Gasteiger partial charge in [-0.2, -0.15) is 0 Å². The Kier molecular flexibility index (Phi) is 4.72. The van der Waals surface area contributed by atoms with E-state index in [0.29, 0.717) is 19.0 Å². The first-order valence-corrected chi connectivity index (χ1v) is 4.20. The molecule has 78 valence electrons. The molecule has 0 aromatic heterocycles. The van der Waals surface area contributed by atoms with Crippen LogP contribution in [0.4, 0.5) is 0 Å². The second-order valence-corrected chi connectivity index (χ2v) is 3.70. The summed E-state index contributed by atoms with van der Waals surface area (Å²) in [5, 5.41) is 12.6. The van der Waals surface area contributed by atoms with Crippen LogP contribution in [0.2, 0.25) is 0 Å². The Morgan fingerprint density at radius 2 is 2.15 bits per heavy atom. The Bertz CT molecular complexity index is 177. The van der Waals surface area contributed by atoms with E-state index in [1.54, 1.807) is 14.0 Å². The summed E-state index contributed by atoms with van der Waals surface area (Å²) in [6, 6.07) is 0. The number of guanidine groups is 1. The molecule has 0 aliphatic carbocycles. The first-order chi connectivity index (χ1) is 5.87. The normalized spacial score (nSPS) is 17.2. The van der Waals surface area contributed by atoms with Crippen molar-refractivity contribution >= 4 is 5.96 Å². The van der Waals surface area contributed by atoms with E-state index in [-0.39, 0.29) is 0 Å². The van der Waals surface area contributed by atoms with Crippen LogP contribution in [0.3, 0.4) is 0 Å². The van der Waals surface area contributed by atoms with Gasteiger partial charge in [0, 0.05) is 20.1 Å². The maximum atomic E-state index is 9.81. The Hall–Kier alpha value is -0.810. The van der Waals surface area contributed by atoms with Gasteiger partial charge >= 0.3 is 0 Å². The van der Waals surface area contributed by atoms with Gasteiger partial charge in [-0.05, 0) is 21.0 Å². The number of hydrogen-bond acceptors (Lipinski definition) is 3. The smallest absolute Gasteiger partial charge is 0.188 e. The topological polar surface area (TPSA) is 73.9 Å². The molecule has 0 rings (SSSR count). The number of aliphatic hydroxyl groups is 1. The van der Waals surface area contributed by atoms with Crippen molar-refractivity contribution in [2.75, 3.05) is 34.2 Å². The molecule has 0 fully saturated rings. The summed E-state index contributed by atoms with van der Waals surface area (Å²) in [7, 11) is 5.42. The zero-order valence-corrected chi connectivity index (χ0v) is 8.83. The summed E-state index contributed by atoms with van der Waals surface area (Å²) >= 11 is 0. The maximum absolute atomic E-state index is 9.81. The van der Waals surface area contributed by atoms with Crippen LogP contribution >= 0.6 is 0 Å². The quantitative estimate of drug-likeness (QED) is 0.384. The maximum Gasteiger partial charge on any atom is 0.188 e. The summed E-state index contributed by atoms with van der Waals surface area (Å²) < 4.78 is 0. The van der Waals surface area contributed by atoms with Crippen LogP contribution in [0.5, 0.6) is 0 Å². The molecule has 0 aliphatic heterocycles. The monoisotopic (exact) mass is 188 g/mol. The first kappa shape index (κ1) is 12.2. The van der Waals surface area contributed by atoms with Crippen molar-refractivity contribution in [2.24, 2.45) is 10.7 Å². The zero-order valence-electron chi connectivity index (χ0n) is 8.83. The molecule has 0 heterocycles. The van der Waals surface area contributed by atoms with Crippen molar-refractivity contribution in [3.8, 4) is 0 Å². The number of hydrogen-bond donors (Lipinski definition) is 3. The highest BCUT2D eigenvalue weighted by Gasteiger charge is 2.20. The van der Waals surface area contributed by atoms with Crippen molar-refractivity contribution in [1.82, 2.24) is 10.2 Å². The number of nitrogens with two attached hydrogens (primary N) is 1. The van der Waals surface area contributed by atoms with Crippen LogP contribution < -0.4 is 11.1 Å². The van der Waals surface area contributed by atoms with Gasteiger partial charge in [0.05, 0.1) is 5.60 Å². The van der Waals surface area contributed by atoms with Crippen molar-refractivity contribution in [3.63, 3.8) is 0 Å². The van der Waals surface area contributed by atoms with Crippen molar-refractivity contribution < 1.29 is 5.11 Å². The predicted octanol–water partition coefficient (Wildman–Crippen LogP) is -1.17. The van der Waals surface area contributed by atoms with Gasteiger partial charge in [-0.25, -0.2) is 0 Å². The Labute approximate surface area is 79.6 Å². The third kappa shape index (κ3) is 6.36. The molecule has 0 bridgehead atoms. The largest absolute Gasteiger partial charge is 0.387 e. The predicted molar refractivity (Wildman–Crippen MR) is 54.7 cm³/mol. The third-order valence-electron chi connectivity index (χ3n) is 1.55. The second kappa shape index (κ2) is 5.04. The molecule has 0 radical (unpaired) electrons. The van der Waals surface area contributed by atoms with Gasteiger partial charge in [0.1, 0.15) is 0 Å². The molecule has 0 saturated heterocycles. The van der Waals surface area contributed by atoms with E-state index < -0.39 is 5.60 Å². The molecule has 4 N–H and O–H groups in total. The SMILES string of the molecule is CN=C(N)NCC(C)(O)CN(C)C. The lowest BCUT2D eigenvalue weighted by Crippen LogP contribution is -2.48. The van der Waals surface area contributed by atoms with E-state index in [0.717, 1.165) is 0 Å². The average Bonchev–Trinajstić information content (AvgIpc) is 1.98. The van der Waals surface area contributed by atoms with Gasteiger partial charge in [-0.3, -0.25) is 4.99 Å². The lowest BCUT2D eigenvalue weighted by atomic mass is 10.1. The summed E-state index contributed by atoms with van der Waals surface area (Å²) in [6.45, 7) is 2.73. The highest BCUT2D eigenvalue weighted by atomic mass is 16.3. The molecule has 0 spiro atoms. The van der Waals surface area contributed by atoms with Crippen LogP contribution in [0.25, 0.3) is 0 Å². The fraction of sp³-hybridized carbons (Fsp3) is 0.875. The first-order valence-electron chi connectivity index (χ1n) is 4.20. The van der Waals surface area contributed by atoms with Crippen molar-refractivity contribution in [2.45, 2.75) is 12.5 Å². The lowest BCUT2D eigenvalue weighted by molar-refractivity contribution is 0.0378. The van der Waals surface area contributed by atoms with E-state index in [9.17, 15) is 5.11 Å². The third-order valence-corrected chi connectivity index (χ3v) is 1.55. The highest BCUT2D eigenvalue weighted by molar-refractivity contribution is 5.77. The highest BCUT2D eigenvalue weighted by Crippen LogP contribution is 2.01. The van der Waals surface area contributed by atoms with Crippen LogP contribution in [0.15, 0.2) is 4.99 Å². The number of nitrogens with one attached hydrogen (secondary N) is 1. The molecular weight excluding hydrogens is 168 g/mol. The number of rotatable bonds is 4. The van der Waals surface area contributed by atoms with E-state index in [1.165, 1.54) is 0 Å². The number of likely N-dealkylation sites (N-methyl/N-ethyl adjacent to an activating group) is 1. The van der Waals surface area contributed by atoms with Crippen LogP contribution in [0, 0.1) is 0 Å². The summed E-state index contributed by atoms with van der Waals surface area (Å²) in [6.07, 6.45) is 0. The van der Waals surface area contributed by atoms with E-state index in [2.05, 4.69) is 10.3 Å². The minimum atomic E-state index is -0.793. The second-order valence-electron chi connectivity index (χ2n) is 3.70. The van der Waals surface area contributed by atoms with Crippen molar-refractivity contribution in [1.29, 1.82) is 0 Å². The van der Waals surface area contributed by atoms with Crippen LogP contribution in [0.1, 0.15) is 6.92 Å². The van der Waals surface area contributed by atoms with Gasteiger partial charge in [0.2, 0.25) is 0 Å². The fourth-order valence-electron chi connectivity index (χ4n) is 1.10. The standard InChI is InChI=1S/C8H20N4O/c1-8(13,6-12(3)4)5-11-7(9)10-2/h13H,5-6H2,1-4H3,(H3,9,10,11). The molecule has 0 saturated carbocycles. The molecule has 13 heavy (non-hydrogen) atoms. The average molecular weight is 188 g/mol. The molecule has 0 aliphatic rings. The van der Waals surface area contributed by atoms with Gasteiger partial charge in [0.25, 0.3) is 0 Å². The fourth-order valence-corrected chi connectivity index (χ4v) is 1.10. The van der Waals surface area contributed by atoms with E-state index >= 15 is 0 Å². The summed E-state index contributed by atoms with van der Waals surface area (Å²) in [5.41, 5.74) is 4.63.